The van der Waals surface area contributed by atoms with Crippen LogP contribution in [0.15, 0.2) is 52.1 Å². The highest BCUT2D eigenvalue weighted by Gasteiger charge is 2.15. The number of nitrogens with zero attached hydrogens (tertiary/aromatic N) is 3. The number of halogens is 3. The molecule has 3 aromatic rings. The fourth-order valence-corrected chi connectivity index (χ4v) is 3.80. The minimum absolute atomic E-state index is 0.0893. The second-order valence-corrected chi connectivity index (χ2v) is 7.88. The van der Waals surface area contributed by atoms with E-state index in [0.29, 0.717) is 38.3 Å². The number of hydrogen-bond acceptors (Lipinski definition) is 5. The van der Waals surface area contributed by atoms with Gasteiger partial charge in [0.2, 0.25) is 11.8 Å². The minimum atomic E-state index is -0.0893. The van der Waals surface area contributed by atoms with Gasteiger partial charge >= 0.3 is 0 Å². The zero-order chi connectivity index (χ0) is 19.4. The molecule has 0 radical (unpaired) electrons. The van der Waals surface area contributed by atoms with E-state index in [1.807, 2.05) is 12.1 Å². The van der Waals surface area contributed by atoms with Crippen LogP contribution in [0.4, 0.5) is 0 Å². The molecular formula is C18H14Cl3N3O2S. The molecule has 3 rings (SSSR count). The highest BCUT2D eigenvalue weighted by Crippen LogP contribution is 2.28. The Morgan fingerprint density at radius 2 is 1.81 bits per heavy atom. The Hall–Kier alpha value is -1.73. The summed E-state index contributed by atoms with van der Waals surface area (Å²) in [6.45, 7) is 0.397. The largest absolute Gasteiger partial charge is 0.411 e. The van der Waals surface area contributed by atoms with E-state index in [4.69, 9.17) is 39.2 Å². The van der Waals surface area contributed by atoms with Crippen LogP contribution in [-0.2, 0) is 11.3 Å². The molecule has 27 heavy (non-hydrogen) atoms. The van der Waals surface area contributed by atoms with Crippen molar-refractivity contribution in [1.82, 2.24) is 15.1 Å². The number of rotatable bonds is 6. The molecule has 5 nitrogen and oxygen atoms in total. The summed E-state index contributed by atoms with van der Waals surface area (Å²) in [7, 11) is 1.71. The molecule has 0 saturated carbocycles. The van der Waals surface area contributed by atoms with Crippen molar-refractivity contribution in [3.63, 3.8) is 0 Å². The van der Waals surface area contributed by atoms with E-state index in [-0.39, 0.29) is 11.7 Å². The van der Waals surface area contributed by atoms with Crippen LogP contribution in [0.5, 0.6) is 0 Å². The lowest BCUT2D eigenvalue weighted by molar-refractivity contribution is -0.127. The fourth-order valence-electron chi connectivity index (χ4n) is 2.31. The molecule has 0 fully saturated rings. The Morgan fingerprint density at radius 3 is 2.52 bits per heavy atom. The van der Waals surface area contributed by atoms with Crippen LogP contribution in [0, 0.1) is 0 Å². The molecule has 0 saturated heterocycles. The highest BCUT2D eigenvalue weighted by molar-refractivity contribution is 7.99. The van der Waals surface area contributed by atoms with Crippen LogP contribution in [0.2, 0.25) is 15.1 Å². The van der Waals surface area contributed by atoms with Gasteiger partial charge in [0.05, 0.1) is 16.3 Å². The van der Waals surface area contributed by atoms with E-state index in [9.17, 15) is 4.79 Å². The molecular weight excluding hydrogens is 429 g/mol. The van der Waals surface area contributed by atoms with E-state index in [2.05, 4.69) is 10.2 Å². The third kappa shape index (κ3) is 5.39. The first-order valence-electron chi connectivity index (χ1n) is 7.82. The lowest BCUT2D eigenvalue weighted by Crippen LogP contribution is -2.27. The van der Waals surface area contributed by atoms with Crippen LogP contribution >= 0.6 is 46.6 Å². The first-order valence-corrected chi connectivity index (χ1v) is 9.94. The third-order valence-corrected chi connectivity index (χ3v) is 5.17. The van der Waals surface area contributed by atoms with E-state index in [0.717, 1.165) is 5.56 Å². The number of carbonyl (C=O) groups is 1. The second-order valence-electron chi connectivity index (χ2n) is 5.67. The van der Waals surface area contributed by atoms with Gasteiger partial charge < -0.3 is 9.32 Å². The van der Waals surface area contributed by atoms with E-state index < -0.39 is 0 Å². The van der Waals surface area contributed by atoms with Gasteiger partial charge in [-0.1, -0.05) is 58.7 Å². The van der Waals surface area contributed by atoms with Gasteiger partial charge in [-0.15, -0.1) is 10.2 Å². The molecule has 0 atom stereocenters. The second kappa shape index (κ2) is 8.97. The Balaban J connectivity index is 1.58. The van der Waals surface area contributed by atoms with Crippen molar-refractivity contribution < 1.29 is 9.21 Å². The van der Waals surface area contributed by atoms with Crippen molar-refractivity contribution in [3.05, 3.63) is 63.1 Å². The van der Waals surface area contributed by atoms with Crippen molar-refractivity contribution in [3.8, 4) is 11.5 Å². The first kappa shape index (κ1) is 20.0. The quantitative estimate of drug-likeness (QED) is 0.475. The summed E-state index contributed by atoms with van der Waals surface area (Å²) in [4.78, 5) is 13.9. The zero-order valence-corrected chi connectivity index (χ0v) is 17.2. The summed E-state index contributed by atoms with van der Waals surface area (Å²) >= 11 is 19.3. The predicted octanol–water partition coefficient (Wildman–Crippen LogP) is 5.45. The molecule has 0 aliphatic carbocycles. The lowest BCUT2D eigenvalue weighted by Gasteiger charge is -2.17. The van der Waals surface area contributed by atoms with Gasteiger partial charge in [-0.25, -0.2) is 0 Å². The van der Waals surface area contributed by atoms with Crippen molar-refractivity contribution >= 4 is 52.5 Å². The van der Waals surface area contributed by atoms with Crippen LogP contribution in [0.25, 0.3) is 11.5 Å². The normalized spacial score (nSPS) is 10.8. The van der Waals surface area contributed by atoms with Gasteiger partial charge in [0.15, 0.2) is 0 Å². The number of amides is 1. The van der Waals surface area contributed by atoms with Gasteiger partial charge in [0.1, 0.15) is 0 Å². The maximum absolute atomic E-state index is 12.3. The topological polar surface area (TPSA) is 59.2 Å². The molecule has 0 spiro atoms. The molecule has 9 heteroatoms. The van der Waals surface area contributed by atoms with Gasteiger partial charge in [0, 0.05) is 23.6 Å². The molecule has 0 N–H and O–H groups in total. The van der Waals surface area contributed by atoms with Gasteiger partial charge in [-0.3, -0.25) is 4.79 Å². The average Bonchev–Trinajstić information content (AvgIpc) is 3.07. The molecule has 0 aliphatic rings. The Kier molecular flexibility index (Phi) is 6.65. The highest BCUT2D eigenvalue weighted by atomic mass is 35.5. The Labute approximate surface area is 175 Å². The maximum Gasteiger partial charge on any atom is 0.277 e. The van der Waals surface area contributed by atoms with E-state index in [1.54, 1.807) is 42.3 Å². The van der Waals surface area contributed by atoms with Crippen LogP contribution in [-0.4, -0.2) is 33.8 Å². The minimum Gasteiger partial charge on any atom is -0.411 e. The SMILES string of the molecule is CN(Cc1cc(Cl)cc(Cl)c1)C(=O)CSc1nnc(-c2ccccc2Cl)o1. The van der Waals surface area contributed by atoms with Crippen LogP contribution in [0.3, 0.4) is 0 Å². The monoisotopic (exact) mass is 441 g/mol. The maximum atomic E-state index is 12.3. The number of aromatic nitrogens is 2. The van der Waals surface area contributed by atoms with Crippen molar-refractivity contribution in [2.75, 3.05) is 12.8 Å². The molecule has 1 aromatic heterocycles. The summed E-state index contributed by atoms with van der Waals surface area (Å²) in [6.07, 6.45) is 0. The summed E-state index contributed by atoms with van der Waals surface area (Å²) in [6, 6.07) is 12.4. The van der Waals surface area contributed by atoms with E-state index >= 15 is 0 Å². The zero-order valence-electron chi connectivity index (χ0n) is 14.2. The standard InChI is InChI=1S/C18H14Cl3N3O2S/c1-24(9-11-6-12(19)8-13(20)7-11)16(25)10-27-18-23-22-17(26-18)14-4-2-3-5-15(14)21/h2-8H,9-10H2,1H3. The molecule has 0 unspecified atom stereocenters. The average molecular weight is 443 g/mol. The number of thioether (sulfide) groups is 1. The van der Waals surface area contributed by atoms with Crippen molar-refractivity contribution in [2.45, 2.75) is 11.8 Å². The molecule has 1 amide bonds. The van der Waals surface area contributed by atoms with Gasteiger partial charge in [-0.05, 0) is 35.9 Å². The molecule has 1 heterocycles. The fraction of sp³-hybridized carbons (Fsp3) is 0.167. The smallest absolute Gasteiger partial charge is 0.277 e. The Bertz CT molecular complexity index is 944. The number of benzene rings is 2. The third-order valence-electron chi connectivity index (χ3n) is 3.60. The number of carbonyl (C=O) groups excluding carboxylic acids is 1. The number of hydrogen-bond donors (Lipinski definition) is 0. The summed E-state index contributed by atoms with van der Waals surface area (Å²) in [5, 5.41) is 9.83. The summed E-state index contributed by atoms with van der Waals surface area (Å²) < 4.78 is 5.58. The van der Waals surface area contributed by atoms with Crippen LogP contribution < -0.4 is 0 Å². The molecule has 0 aliphatic heterocycles. The van der Waals surface area contributed by atoms with Crippen LogP contribution in [0.1, 0.15) is 5.56 Å². The summed E-state index contributed by atoms with van der Waals surface area (Å²) in [5.74, 6) is 0.389. The molecule has 140 valence electrons. The lowest BCUT2D eigenvalue weighted by atomic mass is 10.2. The summed E-state index contributed by atoms with van der Waals surface area (Å²) in [5.41, 5.74) is 1.51. The molecule has 0 bridgehead atoms. The van der Waals surface area contributed by atoms with E-state index in [1.165, 1.54) is 11.8 Å². The predicted molar refractivity (Wildman–Crippen MR) is 108 cm³/mol. The first-order chi connectivity index (χ1) is 12.9. The molecule has 2 aromatic carbocycles. The van der Waals surface area contributed by atoms with Crippen molar-refractivity contribution in [2.24, 2.45) is 0 Å². The van der Waals surface area contributed by atoms with Crippen molar-refractivity contribution in [1.29, 1.82) is 0 Å². The van der Waals surface area contributed by atoms with Gasteiger partial charge in [-0.2, -0.15) is 0 Å². The Morgan fingerprint density at radius 1 is 1.11 bits per heavy atom. The van der Waals surface area contributed by atoms with Gasteiger partial charge in [0.25, 0.3) is 5.22 Å².